The van der Waals surface area contributed by atoms with Crippen LogP contribution in [0.2, 0.25) is 0 Å². The fourth-order valence-corrected chi connectivity index (χ4v) is 1.07. The monoisotopic (exact) mass is 186 g/mol. The van der Waals surface area contributed by atoms with Crippen LogP contribution in [0, 0.1) is 0 Å². The van der Waals surface area contributed by atoms with Gasteiger partial charge in [0.25, 0.3) is 0 Å². The number of nitrogens with zero attached hydrogens (tertiary/aromatic N) is 3. The molecule has 1 unspecified atom stereocenters. The lowest BCUT2D eigenvalue weighted by atomic mass is 9.98. The van der Waals surface area contributed by atoms with Crippen molar-refractivity contribution < 1.29 is 4.39 Å². The van der Waals surface area contributed by atoms with Gasteiger partial charge in [0, 0.05) is 19.0 Å². The summed E-state index contributed by atoms with van der Waals surface area (Å²) in [6.07, 6.45) is 0.552. The van der Waals surface area contributed by atoms with Gasteiger partial charge in [-0.05, 0) is 13.8 Å². The molecule has 0 spiro atoms. The maximum Gasteiger partial charge on any atom is 0.147 e. The van der Waals surface area contributed by atoms with Crippen LogP contribution in [0.5, 0.6) is 0 Å². The van der Waals surface area contributed by atoms with Gasteiger partial charge in [-0.15, -0.1) is 0 Å². The number of alkyl halides is 1. The molecule has 0 bridgehead atoms. The minimum atomic E-state index is -1.13. The third-order valence-corrected chi connectivity index (χ3v) is 1.64. The zero-order valence-electron chi connectivity index (χ0n) is 8.16. The molecular formula is C8H15FN4. The maximum absolute atomic E-state index is 13.4. The van der Waals surface area contributed by atoms with Crippen LogP contribution in [0.15, 0.2) is 6.20 Å². The van der Waals surface area contributed by atoms with Crippen molar-refractivity contribution >= 4 is 0 Å². The van der Waals surface area contributed by atoms with Crippen LogP contribution in [0.1, 0.15) is 32.1 Å². The Balaban J connectivity index is 2.64. The lowest BCUT2D eigenvalue weighted by molar-refractivity contribution is 0.260. The summed E-state index contributed by atoms with van der Waals surface area (Å²) in [7, 11) is 1.66. The van der Waals surface area contributed by atoms with Crippen molar-refractivity contribution in [1.82, 2.24) is 15.0 Å². The molecule has 0 amide bonds. The van der Waals surface area contributed by atoms with Crippen LogP contribution in [0.4, 0.5) is 4.39 Å². The number of hydrogen-bond donors (Lipinski definition) is 1. The van der Waals surface area contributed by atoms with Gasteiger partial charge in [0.1, 0.15) is 11.9 Å². The van der Waals surface area contributed by atoms with E-state index in [4.69, 9.17) is 5.73 Å². The molecule has 2 N–H and O–H groups in total. The Morgan fingerprint density at radius 1 is 1.69 bits per heavy atom. The van der Waals surface area contributed by atoms with Gasteiger partial charge in [-0.3, -0.25) is 0 Å². The van der Waals surface area contributed by atoms with Gasteiger partial charge >= 0.3 is 0 Å². The van der Waals surface area contributed by atoms with E-state index in [-0.39, 0.29) is 6.42 Å². The Morgan fingerprint density at radius 2 is 2.31 bits per heavy atom. The number of nitrogens with two attached hydrogens (primary N) is 1. The third kappa shape index (κ3) is 3.10. The first-order valence-electron chi connectivity index (χ1n) is 4.18. The summed E-state index contributed by atoms with van der Waals surface area (Å²) in [5, 5.41) is 7.66. The number of halogens is 1. The number of rotatable bonds is 3. The Kier molecular flexibility index (Phi) is 2.66. The van der Waals surface area contributed by atoms with Gasteiger partial charge in [-0.25, -0.2) is 4.39 Å². The van der Waals surface area contributed by atoms with Crippen molar-refractivity contribution in [1.29, 1.82) is 0 Å². The molecule has 0 saturated heterocycles. The fourth-order valence-electron chi connectivity index (χ4n) is 1.07. The van der Waals surface area contributed by atoms with Gasteiger partial charge in [0.05, 0.1) is 6.20 Å². The molecule has 1 aromatic rings. The molecule has 1 aromatic heterocycles. The lowest BCUT2D eigenvalue weighted by Crippen LogP contribution is -2.33. The van der Waals surface area contributed by atoms with Crippen LogP contribution < -0.4 is 5.73 Å². The molecule has 1 heterocycles. The van der Waals surface area contributed by atoms with Crippen molar-refractivity contribution in [2.24, 2.45) is 12.8 Å². The average Bonchev–Trinajstić information content (AvgIpc) is 2.31. The molecule has 0 aromatic carbocycles. The maximum atomic E-state index is 13.4. The molecule has 0 fully saturated rings. The molecule has 13 heavy (non-hydrogen) atoms. The van der Waals surface area contributed by atoms with E-state index in [1.807, 2.05) is 0 Å². The molecular weight excluding hydrogens is 171 g/mol. The SMILES string of the molecule is Cn1ncc(C(F)CC(C)(C)N)n1. The van der Waals surface area contributed by atoms with Crippen molar-refractivity contribution in [3.8, 4) is 0 Å². The van der Waals surface area contributed by atoms with Gasteiger partial charge < -0.3 is 5.73 Å². The summed E-state index contributed by atoms with van der Waals surface area (Å²) in [5.74, 6) is 0. The second-order valence-corrected chi connectivity index (χ2v) is 3.92. The Hall–Kier alpha value is -0.970. The number of aromatic nitrogens is 3. The molecule has 5 heteroatoms. The molecule has 0 aliphatic rings. The Bertz CT molecular complexity index is 276. The van der Waals surface area contributed by atoms with E-state index < -0.39 is 11.7 Å². The largest absolute Gasteiger partial charge is 0.325 e. The molecule has 0 aliphatic carbocycles. The topological polar surface area (TPSA) is 56.7 Å². The van der Waals surface area contributed by atoms with E-state index in [1.165, 1.54) is 11.0 Å². The summed E-state index contributed by atoms with van der Waals surface area (Å²) in [6, 6.07) is 0. The van der Waals surface area contributed by atoms with Gasteiger partial charge in [0.2, 0.25) is 0 Å². The highest BCUT2D eigenvalue weighted by Crippen LogP contribution is 2.23. The normalized spacial score (nSPS) is 14.5. The predicted molar refractivity (Wildman–Crippen MR) is 47.7 cm³/mol. The van der Waals surface area contributed by atoms with Crippen LogP contribution >= 0.6 is 0 Å². The average molecular weight is 186 g/mol. The third-order valence-electron chi connectivity index (χ3n) is 1.64. The second kappa shape index (κ2) is 3.41. The van der Waals surface area contributed by atoms with E-state index in [2.05, 4.69) is 10.2 Å². The van der Waals surface area contributed by atoms with Gasteiger partial charge in [-0.2, -0.15) is 15.0 Å². The highest BCUT2D eigenvalue weighted by atomic mass is 19.1. The van der Waals surface area contributed by atoms with E-state index in [9.17, 15) is 4.39 Å². The fraction of sp³-hybridized carbons (Fsp3) is 0.750. The summed E-state index contributed by atoms with van der Waals surface area (Å²) in [4.78, 5) is 1.34. The summed E-state index contributed by atoms with van der Waals surface area (Å²) in [5.41, 5.74) is 5.52. The van der Waals surface area contributed by atoms with E-state index in [0.29, 0.717) is 5.69 Å². The Morgan fingerprint density at radius 3 is 2.69 bits per heavy atom. The zero-order chi connectivity index (χ0) is 10.1. The minimum Gasteiger partial charge on any atom is -0.325 e. The number of aryl methyl sites for hydroxylation is 1. The van der Waals surface area contributed by atoms with Crippen molar-refractivity contribution in [2.75, 3.05) is 0 Å². The lowest BCUT2D eigenvalue weighted by Gasteiger charge is -2.19. The molecule has 0 radical (unpaired) electrons. The zero-order valence-corrected chi connectivity index (χ0v) is 8.16. The van der Waals surface area contributed by atoms with Crippen molar-refractivity contribution in [3.63, 3.8) is 0 Å². The summed E-state index contributed by atoms with van der Waals surface area (Å²) < 4.78 is 13.4. The minimum absolute atomic E-state index is 0.256. The van der Waals surface area contributed by atoms with Crippen LogP contribution in [0.25, 0.3) is 0 Å². The number of hydrogen-bond acceptors (Lipinski definition) is 3. The molecule has 74 valence electrons. The quantitative estimate of drug-likeness (QED) is 0.764. The predicted octanol–water partition coefficient (Wildman–Crippen LogP) is 0.953. The molecule has 1 atom stereocenters. The van der Waals surface area contributed by atoms with E-state index in [0.717, 1.165) is 0 Å². The van der Waals surface area contributed by atoms with Crippen LogP contribution in [-0.2, 0) is 7.05 Å². The van der Waals surface area contributed by atoms with Crippen molar-refractivity contribution in [2.45, 2.75) is 32.0 Å². The smallest absolute Gasteiger partial charge is 0.147 e. The van der Waals surface area contributed by atoms with Gasteiger partial charge in [0.15, 0.2) is 0 Å². The molecule has 4 nitrogen and oxygen atoms in total. The summed E-state index contributed by atoms with van der Waals surface area (Å²) in [6.45, 7) is 3.58. The van der Waals surface area contributed by atoms with Crippen molar-refractivity contribution in [3.05, 3.63) is 11.9 Å². The highest BCUT2D eigenvalue weighted by molar-refractivity contribution is 4.98. The van der Waals surface area contributed by atoms with E-state index in [1.54, 1.807) is 20.9 Å². The second-order valence-electron chi connectivity index (χ2n) is 3.92. The molecule has 0 saturated carbocycles. The first-order valence-corrected chi connectivity index (χ1v) is 4.18. The highest BCUT2D eigenvalue weighted by Gasteiger charge is 2.22. The van der Waals surface area contributed by atoms with Crippen LogP contribution in [-0.4, -0.2) is 20.5 Å². The molecule has 0 aliphatic heterocycles. The first kappa shape index (κ1) is 10.1. The van der Waals surface area contributed by atoms with E-state index >= 15 is 0 Å². The summed E-state index contributed by atoms with van der Waals surface area (Å²) >= 11 is 0. The van der Waals surface area contributed by atoms with Gasteiger partial charge in [-0.1, -0.05) is 0 Å². The standard InChI is InChI=1S/C8H15FN4/c1-8(2,10)4-6(9)7-5-11-13(3)12-7/h5-6H,4,10H2,1-3H3. The Labute approximate surface area is 76.9 Å². The van der Waals surface area contributed by atoms with Crippen LogP contribution in [0.3, 0.4) is 0 Å². The first-order chi connectivity index (χ1) is 5.88. The molecule has 1 rings (SSSR count).